The first-order chi connectivity index (χ1) is 6.29. The second kappa shape index (κ2) is 7.81. The summed E-state index contributed by atoms with van der Waals surface area (Å²) in [6.45, 7) is 8.81. The van der Waals surface area contributed by atoms with E-state index in [4.69, 9.17) is 4.74 Å². The summed E-state index contributed by atoms with van der Waals surface area (Å²) in [6.07, 6.45) is 0.315. The molecule has 0 spiro atoms. The van der Waals surface area contributed by atoms with Gasteiger partial charge >= 0.3 is 0 Å². The van der Waals surface area contributed by atoms with Crippen LogP contribution in [0.2, 0.25) is 0 Å². The van der Waals surface area contributed by atoms with E-state index in [-0.39, 0.29) is 0 Å². The molecule has 0 unspecified atom stereocenters. The van der Waals surface area contributed by atoms with Crippen LogP contribution in [0.15, 0.2) is 30.3 Å². The summed E-state index contributed by atoms with van der Waals surface area (Å²) in [4.78, 5) is 0. The Kier molecular flexibility index (Phi) is 7.32. The fourth-order valence-corrected chi connectivity index (χ4v) is 0.837. The quantitative estimate of drug-likeness (QED) is 0.690. The van der Waals surface area contributed by atoms with Crippen LogP contribution in [0.3, 0.4) is 0 Å². The van der Waals surface area contributed by atoms with Gasteiger partial charge in [-0.1, -0.05) is 44.2 Å². The number of hydrogen-bond donors (Lipinski definition) is 0. The van der Waals surface area contributed by atoms with Gasteiger partial charge in [-0.3, -0.25) is 0 Å². The highest BCUT2D eigenvalue weighted by molar-refractivity contribution is 5.13. The SMILES string of the molecule is CC.CC(C)OCc1ccccc1. The Morgan fingerprint density at radius 3 is 2.08 bits per heavy atom. The van der Waals surface area contributed by atoms with Crippen molar-refractivity contribution in [3.05, 3.63) is 35.9 Å². The average molecular weight is 180 g/mol. The van der Waals surface area contributed by atoms with E-state index in [0.717, 1.165) is 6.61 Å². The molecule has 0 heterocycles. The molecule has 0 atom stereocenters. The Morgan fingerprint density at radius 1 is 1.08 bits per heavy atom. The van der Waals surface area contributed by atoms with E-state index in [1.807, 2.05) is 45.9 Å². The monoisotopic (exact) mass is 180 g/mol. The predicted molar refractivity (Wildman–Crippen MR) is 57.7 cm³/mol. The summed E-state index contributed by atoms with van der Waals surface area (Å²) < 4.78 is 5.43. The molecular formula is C12H20O. The van der Waals surface area contributed by atoms with Crippen LogP contribution in [0.4, 0.5) is 0 Å². The molecule has 1 rings (SSSR count). The molecule has 1 aromatic carbocycles. The Labute approximate surface area is 81.7 Å². The second-order valence-electron chi connectivity index (χ2n) is 2.85. The van der Waals surface area contributed by atoms with Gasteiger partial charge in [0, 0.05) is 0 Å². The van der Waals surface area contributed by atoms with Gasteiger partial charge in [0.25, 0.3) is 0 Å². The normalized spacial score (nSPS) is 9.31. The molecule has 1 nitrogen and oxygen atoms in total. The minimum atomic E-state index is 0.315. The molecule has 0 radical (unpaired) electrons. The average Bonchev–Trinajstić information content (AvgIpc) is 2.19. The highest BCUT2D eigenvalue weighted by Crippen LogP contribution is 2.02. The molecule has 0 aliphatic heterocycles. The second-order valence-corrected chi connectivity index (χ2v) is 2.85. The summed E-state index contributed by atoms with van der Waals surface area (Å²) in [6, 6.07) is 10.2. The zero-order chi connectivity index (χ0) is 10.1. The highest BCUT2D eigenvalue weighted by atomic mass is 16.5. The van der Waals surface area contributed by atoms with Crippen LogP contribution in [0, 0.1) is 0 Å². The Morgan fingerprint density at radius 2 is 1.62 bits per heavy atom. The zero-order valence-electron chi connectivity index (χ0n) is 9.08. The molecule has 0 aromatic heterocycles. The van der Waals surface area contributed by atoms with Gasteiger partial charge in [0.15, 0.2) is 0 Å². The molecule has 74 valence electrons. The third-order valence-electron chi connectivity index (χ3n) is 1.43. The lowest BCUT2D eigenvalue weighted by atomic mass is 10.2. The van der Waals surface area contributed by atoms with E-state index in [9.17, 15) is 0 Å². The van der Waals surface area contributed by atoms with E-state index in [2.05, 4.69) is 12.1 Å². The molecule has 0 saturated carbocycles. The molecule has 0 N–H and O–H groups in total. The first-order valence-corrected chi connectivity index (χ1v) is 4.94. The maximum atomic E-state index is 5.43. The smallest absolute Gasteiger partial charge is 0.0720 e. The molecule has 0 bridgehead atoms. The molecule has 1 heteroatoms. The van der Waals surface area contributed by atoms with Crippen LogP contribution in [0.25, 0.3) is 0 Å². The van der Waals surface area contributed by atoms with Crippen molar-refractivity contribution in [1.82, 2.24) is 0 Å². The number of hydrogen-bond acceptors (Lipinski definition) is 1. The van der Waals surface area contributed by atoms with Gasteiger partial charge in [0.05, 0.1) is 12.7 Å². The lowest BCUT2D eigenvalue weighted by Crippen LogP contribution is -2.01. The summed E-state index contributed by atoms with van der Waals surface area (Å²) in [5, 5.41) is 0. The van der Waals surface area contributed by atoms with E-state index in [1.165, 1.54) is 5.56 Å². The lowest BCUT2D eigenvalue weighted by Gasteiger charge is -2.06. The molecule has 1 aromatic rings. The molecule has 0 amide bonds. The van der Waals surface area contributed by atoms with Gasteiger partial charge in [-0.2, -0.15) is 0 Å². The summed E-state index contributed by atoms with van der Waals surface area (Å²) in [5.74, 6) is 0. The van der Waals surface area contributed by atoms with Crippen LogP contribution in [-0.2, 0) is 11.3 Å². The van der Waals surface area contributed by atoms with Gasteiger partial charge in [0.2, 0.25) is 0 Å². The van der Waals surface area contributed by atoms with Crippen LogP contribution >= 0.6 is 0 Å². The number of rotatable bonds is 3. The van der Waals surface area contributed by atoms with E-state index < -0.39 is 0 Å². The van der Waals surface area contributed by atoms with Crippen LogP contribution in [-0.4, -0.2) is 6.10 Å². The third kappa shape index (κ3) is 6.35. The zero-order valence-corrected chi connectivity index (χ0v) is 9.08. The summed E-state index contributed by atoms with van der Waals surface area (Å²) in [5.41, 5.74) is 1.24. The largest absolute Gasteiger partial charge is 0.374 e. The van der Waals surface area contributed by atoms with Crippen molar-refractivity contribution in [2.75, 3.05) is 0 Å². The minimum Gasteiger partial charge on any atom is -0.374 e. The lowest BCUT2D eigenvalue weighted by molar-refractivity contribution is 0.0657. The maximum Gasteiger partial charge on any atom is 0.0720 e. The van der Waals surface area contributed by atoms with Crippen molar-refractivity contribution >= 4 is 0 Å². The van der Waals surface area contributed by atoms with Crippen LogP contribution < -0.4 is 0 Å². The predicted octanol–water partition coefficient (Wildman–Crippen LogP) is 3.64. The fraction of sp³-hybridized carbons (Fsp3) is 0.500. The van der Waals surface area contributed by atoms with Crippen molar-refractivity contribution in [2.45, 2.75) is 40.4 Å². The van der Waals surface area contributed by atoms with E-state index >= 15 is 0 Å². The van der Waals surface area contributed by atoms with Crippen molar-refractivity contribution in [3.63, 3.8) is 0 Å². The van der Waals surface area contributed by atoms with Crippen molar-refractivity contribution in [2.24, 2.45) is 0 Å². The number of ether oxygens (including phenoxy) is 1. The molecular weight excluding hydrogens is 160 g/mol. The molecule has 0 fully saturated rings. The Balaban J connectivity index is 0.000000671. The highest BCUT2D eigenvalue weighted by Gasteiger charge is 1.93. The Hall–Kier alpha value is -0.820. The van der Waals surface area contributed by atoms with E-state index in [1.54, 1.807) is 0 Å². The molecule has 0 saturated heterocycles. The van der Waals surface area contributed by atoms with Crippen LogP contribution in [0.1, 0.15) is 33.3 Å². The maximum absolute atomic E-state index is 5.43. The van der Waals surface area contributed by atoms with Crippen molar-refractivity contribution in [3.8, 4) is 0 Å². The van der Waals surface area contributed by atoms with Gasteiger partial charge < -0.3 is 4.74 Å². The van der Waals surface area contributed by atoms with E-state index in [0.29, 0.717) is 6.10 Å². The minimum absolute atomic E-state index is 0.315. The number of benzene rings is 1. The summed E-state index contributed by atoms with van der Waals surface area (Å²) >= 11 is 0. The fourth-order valence-electron chi connectivity index (χ4n) is 0.837. The van der Waals surface area contributed by atoms with Crippen molar-refractivity contribution < 1.29 is 4.74 Å². The standard InChI is InChI=1S/C10H14O.C2H6/c1-9(2)11-8-10-6-4-3-5-7-10;1-2/h3-7,9H,8H2,1-2H3;1-2H3. The molecule has 0 aliphatic rings. The molecule has 13 heavy (non-hydrogen) atoms. The topological polar surface area (TPSA) is 9.23 Å². The van der Waals surface area contributed by atoms with Crippen molar-refractivity contribution in [1.29, 1.82) is 0 Å². The first kappa shape index (κ1) is 12.2. The first-order valence-electron chi connectivity index (χ1n) is 4.94. The van der Waals surface area contributed by atoms with Crippen LogP contribution in [0.5, 0.6) is 0 Å². The Bertz CT molecular complexity index is 192. The molecule has 0 aliphatic carbocycles. The third-order valence-corrected chi connectivity index (χ3v) is 1.43. The van der Waals surface area contributed by atoms with Gasteiger partial charge in [-0.05, 0) is 19.4 Å². The van der Waals surface area contributed by atoms with Gasteiger partial charge in [-0.15, -0.1) is 0 Å². The van der Waals surface area contributed by atoms with Gasteiger partial charge in [-0.25, -0.2) is 0 Å². The van der Waals surface area contributed by atoms with Gasteiger partial charge in [0.1, 0.15) is 0 Å². The summed E-state index contributed by atoms with van der Waals surface area (Å²) in [7, 11) is 0.